The van der Waals surface area contributed by atoms with E-state index >= 15 is 0 Å². The number of methoxy groups -OCH3 is 1. The Hall–Kier alpha value is -2.40. The number of rotatable bonds is 3. The summed E-state index contributed by atoms with van der Waals surface area (Å²) in [7, 11) is 1.60. The van der Waals surface area contributed by atoms with Gasteiger partial charge in [-0.15, -0.1) is 0 Å². The molecule has 0 atom stereocenters. The van der Waals surface area contributed by atoms with Crippen molar-refractivity contribution < 1.29 is 4.74 Å². The minimum atomic E-state index is -0.388. The maximum Gasteiger partial charge on any atom is 0.345 e. The first-order chi connectivity index (χ1) is 10.7. The first kappa shape index (κ1) is 14.5. The second kappa shape index (κ2) is 6.15. The van der Waals surface area contributed by atoms with Crippen LogP contribution in [0, 0.1) is 0 Å². The summed E-state index contributed by atoms with van der Waals surface area (Å²) < 4.78 is 6.33. The van der Waals surface area contributed by atoms with Crippen LogP contribution in [0.5, 0.6) is 5.75 Å². The number of nitrogens with one attached hydrogen (secondary N) is 1. The fraction of sp³-hybridized carbons (Fsp3) is 0.0588. The van der Waals surface area contributed by atoms with Crippen molar-refractivity contribution in [1.29, 1.82) is 0 Å². The Morgan fingerprint density at radius 2 is 1.82 bits per heavy atom. The summed E-state index contributed by atoms with van der Waals surface area (Å²) >= 11 is 3.40. The molecule has 0 fully saturated rings. The first-order valence-electron chi connectivity index (χ1n) is 6.68. The summed E-state index contributed by atoms with van der Waals surface area (Å²) in [4.78, 5) is 18.7. The van der Waals surface area contributed by atoms with Crippen LogP contribution in [-0.2, 0) is 0 Å². The molecular formula is C17H13BrN2O2. The molecular weight excluding hydrogens is 344 g/mol. The molecule has 0 saturated carbocycles. The molecule has 5 heteroatoms. The highest BCUT2D eigenvalue weighted by atomic mass is 79.9. The predicted molar refractivity (Wildman–Crippen MR) is 90.0 cm³/mol. The molecule has 0 bridgehead atoms. The zero-order valence-electron chi connectivity index (χ0n) is 11.8. The molecule has 3 rings (SSSR count). The van der Waals surface area contributed by atoms with E-state index in [-0.39, 0.29) is 5.69 Å². The lowest BCUT2D eigenvalue weighted by Gasteiger charge is -2.09. The highest BCUT2D eigenvalue weighted by Crippen LogP contribution is 2.29. The lowest BCUT2D eigenvalue weighted by atomic mass is 10.1. The SMILES string of the molecule is COc1ccccc1-c1cc(-c2ccc(Br)cc2)nc(=O)[nH]1. The number of halogens is 1. The zero-order chi connectivity index (χ0) is 15.5. The summed E-state index contributed by atoms with van der Waals surface area (Å²) in [5.41, 5.74) is 2.61. The quantitative estimate of drug-likeness (QED) is 0.774. The number of hydrogen-bond donors (Lipinski definition) is 1. The molecule has 1 heterocycles. The average Bonchev–Trinajstić information content (AvgIpc) is 2.55. The molecule has 0 saturated heterocycles. The maximum absolute atomic E-state index is 11.9. The number of aromatic nitrogens is 2. The van der Waals surface area contributed by atoms with E-state index in [1.807, 2.05) is 54.6 Å². The average molecular weight is 357 g/mol. The summed E-state index contributed by atoms with van der Waals surface area (Å²) in [6.45, 7) is 0. The number of nitrogens with zero attached hydrogens (tertiary/aromatic N) is 1. The smallest absolute Gasteiger partial charge is 0.345 e. The van der Waals surface area contributed by atoms with E-state index in [1.54, 1.807) is 7.11 Å². The van der Waals surface area contributed by atoms with Crippen LogP contribution < -0.4 is 10.4 Å². The number of hydrogen-bond acceptors (Lipinski definition) is 3. The summed E-state index contributed by atoms with van der Waals surface area (Å²) in [6, 6.07) is 17.1. The molecule has 0 aliphatic carbocycles. The fourth-order valence-electron chi connectivity index (χ4n) is 2.24. The topological polar surface area (TPSA) is 55.0 Å². The van der Waals surface area contributed by atoms with E-state index in [1.165, 1.54) is 0 Å². The van der Waals surface area contributed by atoms with Crippen molar-refractivity contribution in [2.24, 2.45) is 0 Å². The number of benzene rings is 2. The van der Waals surface area contributed by atoms with Crippen molar-refractivity contribution in [3.05, 3.63) is 69.6 Å². The van der Waals surface area contributed by atoms with Gasteiger partial charge in [0.15, 0.2) is 0 Å². The molecule has 2 aromatic carbocycles. The van der Waals surface area contributed by atoms with Crippen LogP contribution in [0.2, 0.25) is 0 Å². The minimum absolute atomic E-state index is 0.388. The Bertz CT molecular complexity index is 857. The van der Waals surface area contributed by atoms with Gasteiger partial charge in [0.05, 0.1) is 18.5 Å². The second-order valence-electron chi connectivity index (χ2n) is 4.69. The van der Waals surface area contributed by atoms with Crippen molar-refractivity contribution >= 4 is 15.9 Å². The number of ether oxygens (including phenoxy) is 1. The molecule has 3 aromatic rings. The van der Waals surface area contributed by atoms with Crippen LogP contribution in [0.4, 0.5) is 0 Å². The largest absolute Gasteiger partial charge is 0.496 e. The third-order valence-electron chi connectivity index (χ3n) is 3.28. The Morgan fingerprint density at radius 3 is 2.55 bits per heavy atom. The van der Waals surface area contributed by atoms with Crippen molar-refractivity contribution in [3.8, 4) is 28.3 Å². The van der Waals surface area contributed by atoms with E-state index in [9.17, 15) is 4.79 Å². The van der Waals surface area contributed by atoms with Crippen LogP contribution in [0.25, 0.3) is 22.5 Å². The van der Waals surface area contributed by atoms with Crippen LogP contribution in [0.1, 0.15) is 0 Å². The summed E-state index contributed by atoms with van der Waals surface area (Å²) in [5.74, 6) is 0.700. The Labute approximate surface area is 135 Å². The van der Waals surface area contributed by atoms with Gasteiger partial charge in [-0.3, -0.25) is 0 Å². The lowest BCUT2D eigenvalue weighted by Crippen LogP contribution is -2.12. The molecule has 0 unspecified atom stereocenters. The standard InChI is InChI=1S/C17H13BrN2O2/c1-22-16-5-3-2-4-13(16)15-10-14(19-17(21)20-15)11-6-8-12(18)9-7-11/h2-10H,1H3,(H,19,20,21). The van der Waals surface area contributed by atoms with Gasteiger partial charge in [-0.2, -0.15) is 4.98 Å². The van der Waals surface area contributed by atoms with E-state index in [4.69, 9.17) is 4.74 Å². The third-order valence-corrected chi connectivity index (χ3v) is 3.81. The molecule has 0 radical (unpaired) electrons. The van der Waals surface area contributed by atoms with Gasteiger partial charge in [0.1, 0.15) is 5.75 Å². The van der Waals surface area contributed by atoms with Crippen LogP contribution >= 0.6 is 15.9 Å². The van der Waals surface area contributed by atoms with Gasteiger partial charge in [-0.1, -0.05) is 40.2 Å². The van der Waals surface area contributed by atoms with Crippen molar-refractivity contribution in [2.75, 3.05) is 7.11 Å². The highest BCUT2D eigenvalue weighted by molar-refractivity contribution is 9.10. The third kappa shape index (κ3) is 2.94. The predicted octanol–water partition coefficient (Wildman–Crippen LogP) is 3.88. The molecule has 0 spiro atoms. The van der Waals surface area contributed by atoms with Crippen LogP contribution in [0.3, 0.4) is 0 Å². The Balaban J connectivity index is 2.14. The van der Waals surface area contributed by atoms with E-state index in [0.29, 0.717) is 17.1 Å². The molecule has 0 aliphatic heterocycles. The first-order valence-corrected chi connectivity index (χ1v) is 7.47. The van der Waals surface area contributed by atoms with E-state index in [0.717, 1.165) is 15.6 Å². The van der Waals surface area contributed by atoms with Gasteiger partial charge in [0.2, 0.25) is 0 Å². The molecule has 1 N–H and O–H groups in total. The molecule has 1 aromatic heterocycles. The van der Waals surface area contributed by atoms with Gasteiger partial charge in [0, 0.05) is 15.6 Å². The molecule has 110 valence electrons. The Kier molecular flexibility index (Phi) is 4.06. The van der Waals surface area contributed by atoms with Gasteiger partial charge < -0.3 is 9.72 Å². The molecule has 0 amide bonds. The minimum Gasteiger partial charge on any atom is -0.496 e. The summed E-state index contributed by atoms with van der Waals surface area (Å²) in [6.07, 6.45) is 0. The van der Waals surface area contributed by atoms with Crippen molar-refractivity contribution in [1.82, 2.24) is 9.97 Å². The lowest BCUT2D eigenvalue weighted by molar-refractivity contribution is 0.416. The fourth-order valence-corrected chi connectivity index (χ4v) is 2.50. The van der Waals surface area contributed by atoms with Gasteiger partial charge in [-0.25, -0.2) is 4.79 Å². The summed E-state index contributed by atoms with van der Waals surface area (Å²) in [5, 5.41) is 0. The van der Waals surface area contributed by atoms with E-state index in [2.05, 4.69) is 25.9 Å². The van der Waals surface area contributed by atoms with Crippen LogP contribution in [0.15, 0.2) is 63.9 Å². The molecule has 22 heavy (non-hydrogen) atoms. The Morgan fingerprint density at radius 1 is 1.09 bits per heavy atom. The monoisotopic (exact) mass is 356 g/mol. The number of H-pyrrole nitrogens is 1. The number of para-hydroxylation sites is 1. The highest BCUT2D eigenvalue weighted by Gasteiger charge is 2.09. The van der Waals surface area contributed by atoms with Crippen molar-refractivity contribution in [2.45, 2.75) is 0 Å². The maximum atomic E-state index is 11.9. The van der Waals surface area contributed by atoms with E-state index < -0.39 is 0 Å². The van der Waals surface area contributed by atoms with Gasteiger partial charge in [-0.05, 0) is 30.3 Å². The molecule has 0 aliphatic rings. The zero-order valence-corrected chi connectivity index (χ0v) is 13.4. The number of aromatic amines is 1. The van der Waals surface area contributed by atoms with Crippen LogP contribution in [-0.4, -0.2) is 17.1 Å². The van der Waals surface area contributed by atoms with Crippen molar-refractivity contribution in [3.63, 3.8) is 0 Å². The normalized spacial score (nSPS) is 10.5. The molecule has 4 nitrogen and oxygen atoms in total. The van der Waals surface area contributed by atoms with Gasteiger partial charge in [0.25, 0.3) is 0 Å². The second-order valence-corrected chi connectivity index (χ2v) is 5.61. The van der Waals surface area contributed by atoms with Gasteiger partial charge >= 0.3 is 5.69 Å².